The summed E-state index contributed by atoms with van der Waals surface area (Å²) in [6.07, 6.45) is 1.58. The summed E-state index contributed by atoms with van der Waals surface area (Å²) in [6, 6.07) is 8.52. The van der Waals surface area contributed by atoms with E-state index in [1.165, 1.54) is 11.1 Å². The van der Waals surface area contributed by atoms with Gasteiger partial charge in [-0.15, -0.1) is 0 Å². The average Bonchev–Trinajstić information content (AvgIpc) is 2.29. The van der Waals surface area contributed by atoms with Crippen LogP contribution in [0.3, 0.4) is 0 Å². The fraction of sp³-hybridized carbons (Fsp3) is 0.417. The zero-order valence-corrected chi connectivity index (χ0v) is 8.92. The minimum absolute atomic E-state index is 0.0872. The summed E-state index contributed by atoms with van der Waals surface area (Å²) in [7, 11) is 1.68. The summed E-state index contributed by atoms with van der Waals surface area (Å²) in [5.41, 5.74) is 2.64. The molecule has 0 radical (unpaired) electrons. The lowest BCUT2D eigenvalue weighted by Crippen LogP contribution is -2.33. The fourth-order valence-electron chi connectivity index (χ4n) is 2.06. The third kappa shape index (κ3) is 2.18. The predicted molar refractivity (Wildman–Crippen MR) is 59.6 cm³/mol. The smallest absolute Gasteiger partial charge is 0.221 e. The maximum absolute atomic E-state index is 11.3. The Bertz CT molecular complexity index is 362. The van der Waals surface area contributed by atoms with Crippen molar-refractivity contribution < 1.29 is 4.79 Å². The summed E-state index contributed by atoms with van der Waals surface area (Å²) in [5, 5.41) is 6.04. The predicted octanol–water partition coefficient (Wildman–Crippen LogP) is 1.01. The summed E-state index contributed by atoms with van der Waals surface area (Å²) in [5.74, 6) is 0.0872. The molecule has 1 amide bonds. The lowest BCUT2D eigenvalue weighted by atomic mass is 9.92. The van der Waals surface area contributed by atoms with Crippen LogP contribution in [0.1, 0.15) is 23.6 Å². The zero-order valence-electron chi connectivity index (χ0n) is 8.92. The molecule has 0 aliphatic carbocycles. The Kier molecular flexibility index (Phi) is 3.02. The fourth-order valence-corrected chi connectivity index (χ4v) is 2.06. The highest BCUT2D eigenvalue weighted by atomic mass is 16.1. The van der Waals surface area contributed by atoms with E-state index in [2.05, 4.69) is 28.8 Å². The second kappa shape index (κ2) is 4.45. The van der Waals surface area contributed by atoms with Crippen LogP contribution in [0, 0.1) is 0 Å². The maximum atomic E-state index is 11.3. The van der Waals surface area contributed by atoms with Gasteiger partial charge in [-0.1, -0.05) is 24.3 Å². The van der Waals surface area contributed by atoms with Gasteiger partial charge >= 0.3 is 0 Å². The molecule has 0 spiro atoms. The molecule has 1 heterocycles. The van der Waals surface area contributed by atoms with E-state index >= 15 is 0 Å². The molecule has 1 unspecified atom stereocenters. The second-order valence-corrected chi connectivity index (χ2v) is 3.83. The molecular formula is C12H16N2O. The average molecular weight is 204 g/mol. The molecule has 2 rings (SSSR count). The van der Waals surface area contributed by atoms with Gasteiger partial charge in [0.15, 0.2) is 0 Å². The Morgan fingerprint density at radius 2 is 2.33 bits per heavy atom. The van der Waals surface area contributed by atoms with E-state index in [1.54, 1.807) is 7.05 Å². The third-order valence-corrected chi connectivity index (χ3v) is 2.88. The molecule has 1 aromatic rings. The lowest BCUT2D eigenvalue weighted by Gasteiger charge is -2.26. The first-order valence-corrected chi connectivity index (χ1v) is 5.33. The van der Waals surface area contributed by atoms with Crippen LogP contribution in [0.15, 0.2) is 24.3 Å². The molecule has 1 atom stereocenters. The summed E-state index contributed by atoms with van der Waals surface area (Å²) in [6.45, 7) is 0.957. The van der Waals surface area contributed by atoms with Gasteiger partial charge in [-0.05, 0) is 24.1 Å². The van der Waals surface area contributed by atoms with Crippen LogP contribution in [0.2, 0.25) is 0 Å². The van der Waals surface area contributed by atoms with Gasteiger partial charge in [-0.25, -0.2) is 0 Å². The zero-order chi connectivity index (χ0) is 10.7. The highest BCUT2D eigenvalue weighted by Crippen LogP contribution is 2.24. The van der Waals surface area contributed by atoms with Crippen LogP contribution >= 0.6 is 0 Å². The number of rotatable bonds is 2. The summed E-state index contributed by atoms with van der Waals surface area (Å²) < 4.78 is 0. The first-order chi connectivity index (χ1) is 7.31. The van der Waals surface area contributed by atoms with Crippen molar-refractivity contribution >= 4 is 5.91 Å². The summed E-state index contributed by atoms with van der Waals surface area (Å²) in [4.78, 5) is 11.3. The number of nitrogens with one attached hydrogen (secondary N) is 2. The van der Waals surface area contributed by atoms with Gasteiger partial charge in [-0.2, -0.15) is 0 Å². The molecule has 0 saturated heterocycles. The maximum Gasteiger partial charge on any atom is 0.221 e. The quantitative estimate of drug-likeness (QED) is 0.755. The number of benzene rings is 1. The molecular weight excluding hydrogens is 188 g/mol. The SMILES string of the molecule is CNC(=O)CC1NCCc2ccccc21. The standard InChI is InChI=1S/C12H16N2O/c1-13-12(15)8-11-10-5-3-2-4-9(10)6-7-14-11/h2-5,11,14H,6-8H2,1H3,(H,13,15). The van der Waals surface area contributed by atoms with Crippen molar-refractivity contribution in [3.8, 4) is 0 Å². The van der Waals surface area contributed by atoms with Crippen LogP contribution < -0.4 is 10.6 Å². The van der Waals surface area contributed by atoms with Crippen molar-refractivity contribution in [3.05, 3.63) is 35.4 Å². The molecule has 3 heteroatoms. The normalized spacial score (nSPS) is 19.4. The molecule has 0 aromatic heterocycles. The van der Waals surface area contributed by atoms with Crippen LogP contribution in [-0.2, 0) is 11.2 Å². The molecule has 1 aromatic carbocycles. The van der Waals surface area contributed by atoms with E-state index < -0.39 is 0 Å². The lowest BCUT2D eigenvalue weighted by molar-refractivity contribution is -0.121. The van der Waals surface area contributed by atoms with Gasteiger partial charge in [0.2, 0.25) is 5.91 Å². The molecule has 1 aliphatic heterocycles. The van der Waals surface area contributed by atoms with E-state index in [1.807, 2.05) is 6.07 Å². The minimum atomic E-state index is 0.0872. The number of fused-ring (bicyclic) bond motifs is 1. The minimum Gasteiger partial charge on any atom is -0.359 e. The first kappa shape index (κ1) is 10.2. The highest BCUT2D eigenvalue weighted by Gasteiger charge is 2.20. The van der Waals surface area contributed by atoms with E-state index in [0.717, 1.165) is 13.0 Å². The van der Waals surface area contributed by atoms with Gasteiger partial charge in [0.25, 0.3) is 0 Å². The topological polar surface area (TPSA) is 41.1 Å². The number of carbonyl (C=O) groups is 1. The Balaban J connectivity index is 2.18. The largest absolute Gasteiger partial charge is 0.359 e. The Hall–Kier alpha value is -1.35. The number of amides is 1. The van der Waals surface area contributed by atoms with Gasteiger partial charge in [-0.3, -0.25) is 4.79 Å². The Labute approximate surface area is 89.9 Å². The van der Waals surface area contributed by atoms with Crippen LogP contribution in [0.4, 0.5) is 0 Å². The van der Waals surface area contributed by atoms with Crippen molar-refractivity contribution in [3.63, 3.8) is 0 Å². The van der Waals surface area contributed by atoms with Gasteiger partial charge in [0, 0.05) is 19.5 Å². The molecule has 0 bridgehead atoms. The van der Waals surface area contributed by atoms with E-state index in [9.17, 15) is 4.79 Å². The van der Waals surface area contributed by atoms with Crippen molar-refractivity contribution in [2.75, 3.05) is 13.6 Å². The van der Waals surface area contributed by atoms with Crippen molar-refractivity contribution in [1.29, 1.82) is 0 Å². The number of hydrogen-bond donors (Lipinski definition) is 2. The van der Waals surface area contributed by atoms with E-state index in [-0.39, 0.29) is 11.9 Å². The van der Waals surface area contributed by atoms with Crippen molar-refractivity contribution in [2.24, 2.45) is 0 Å². The molecule has 0 saturated carbocycles. The van der Waals surface area contributed by atoms with Gasteiger partial charge in [0.1, 0.15) is 0 Å². The van der Waals surface area contributed by atoms with Gasteiger partial charge < -0.3 is 10.6 Å². The second-order valence-electron chi connectivity index (χ2n) is 3.83. The van der Waals surface area contributed by atoms with Gasteiger partial charge in [0.05, 0.1) is 0 Å². The molecule has 15 heavy (non-hydrogen) atoms. The highest BCUT2D eigenvalue weighted by molar-refractivity contribution is 5.76. The Morgan fingerprint density at radius 3 is 3.13 bits per heavy atom. The Morgan fingerprint density at radius 1 is 1.53 bits per heavy atom. The van der Waals surface area contributed by atoms with Crippen LogP contribution in [-0.4, -0.2) is 19.5 Å². The number of carbonyl (C=O) groups excluding carboxylic acids is 1. The monoisotopic (exact) mass is 204 g/mol. The van der Waals surface area contributed by atoms with E-state index in [0.29, 0.717) is 6.42 Å². The molecule has 1 aliphatic rings. The van der Waals surface area contributed by atoms with E-state index in [4.69, 9.17) is 0 Å². The van der Waals surface area contributed by atoms with Crippen molar-refractivity contribution in [1.82, 2.24) is 10.6 Å². The molecule has 80 valence electrons. The molecule has 3 nitrogen and oxygen atoms in total. The molecule has 0 fully saturated rings. The molecule has 2 N–H and O–H groups in total. The van der Waals surface area contributed by atoms with Crippen molar-refractivity contribution in [2.45, 2.75) is 18.9 Å². The first-order valence-electron chi connectivity index (χ1n) is 5.33. The third-order valence-electron chi connectivity index (χ3n) is 2.88. The summed E-state index contributed by atoms with van der Waals surface area (Å²) >= 11 is 0. The number of hydrogen-bond acceptors (Lipinski definition) is 2. The van der Waals surface area contributed by atoms with Crippen LogP contribution in [0.5, 0.6) is 0 Å². The van der Waals surface area contributed by atoms with Crippen LogP contribution in [0.25, 0.3) is 0 Å².